The van der Waals surface area contributed by atoms with E-state index in [4.69, 9.17) is 15.2 Å². The number of rotatable bonds is 6. The van der Waals surface area contributed by atoms with E-state index < -0.39 is 42.7 Å². The van der Waals surface area contributed by atoms with Crippen molar-refractivity contribution in [2.45, 2.75) is 19.0 Å². The average molecular weight is 388 g/mol. The first kappa shape index (κ1) is 20.5. The number of nitrogens with zero attached hydrogens (tertiary/aromatic N) is 1. The van der Waals surface area contributed by atoms with Gasteiger partial charge in [-0.15, -0.1) is 0 Å². The number of nitrogens with two attached hydrogens (primary N) is 1. The second kappa shape index (κ2) is 8.74. The van der Waals surface area contributed by atoms with Crippen LogP contribution in [0.2, 0.25) is 0 Å². The fourth-order valence-corrected chi connectivity index (χ4v) is 2.59. The highest BCUT2D eigenvalue weighted by molar-refractivity contribution is 5.82. The van der Waals surface area contributed by atoms with E-state index in [-0.39, 0.29) is 11.7 Å². The van der Waals surface area contributed by atoms with Crippen molar-refractivity contribution in [2.24, 2.45) is 11.7 Å². The fraction of sp³-hybridized carbons (Fsp3) is 0.471. The predicted octanol–water partition coefficient (Wildman–Crippen LogP) is 1.35. The molecule has 1 fully saturated rings. The Morgan fingerprint density at radius 1 is 1.15 bits per heavy atom. The second-order valence-corrected chi connectivity index (χ2v) is 6.03. The summed E-state index contributed by atoms with van der Waals surface area (Å²) in [5.41, 5.74) is 4.31. The van der Waals surface area contributed by atoms with Crippen LogP contribution in [-0.2, 0) is 25.3 Å². The van der Waals surface area contributed by atoms with Crippen LogP contribution < -0.4 is 10.5 Å². The molecule has 2 rings (SSSR count). The molecule has 1 aliphatic heterocycles. The molecule has 0 aromatic heterocycles. The van der Waals surface area contributed by atoms with Crippen molar-refractivity contribution < 1.29 is 37.0 Å². The van der Waals surface area contributed by atoms with E-state index in [1.165, 1.54) is 11.0 Å². The lowest BCUT2D eigenvalue weighted by atomic mass is 9.96. The third kappa shape index (κ3) is 6.15. The highest BCUT2D eigenvalue weighted by Gasteiger charge is 2.30. The summed E-state index contributed by atoms with van der Waals surface area (Å²) in [4.78, 5) is 36.1. The van der Waals surface area contributed by atoms with Crippen molar-refractivity contribution in [3.05, 3.63) is 29.8 Å². The molecule has 0 saturated carbocycles. The van der Waals surface area contributed by atoms with E-state index in [0.717, 1.165) is 18.2 Å². The van der Waals surface area contributed by atoms with Crippen molar-refractivity contribution in [1.29, 1.82) is 0 Å². The number of carbonyl (C=O) groups excluding carboxylic acids is 3. The number of amides is 2. The quantitative estimate of drug-likeness (QED) is 0.742. The third-order valence-electron chi connectivity index (χ3n) is 4.12. The Morgan fingerprint density at radius 3 is 2.41 bits per heavy atom. The van der Waals surface area contributed by atoms with Crippen LogP contribution in [0.1, 0.15) is 18.4 Å². The molecule has 27 heavy (non-hydrogen) atoms. The summed E-state index contributed by atoms with van der Waals surface area (Å²) in [6.45, 7) is -0.459. The lowest BCUT2D eigenvalue weighted by molar-refractivity contribution is -0.154. The molecule has 7 nitrogen and oxygen atoms in total. The summed E-state index contributed by atoms with van der Waals surface area (Å²) in [6, 6.07) is 4.08. The standard InChI is InChI=1S/C17H19F3N2O5/c18-17(19,20)12-2-1-3-13(8-12)26-10-15(24)27-9-14(23)22-6-4-11(5-7-22)16(21)25/h1-3,8,11H,4-7,9-10H2,(H2,21,25). The fourth-order valence-electron chi connectivity index (χ4n) is 2.59. The van der Waals surface area contributed by atoms with Gasteiger partial charge in [-0.2, -0.15) is 13.2 Å². The van der Waals surface area contributed by atoms with E-state index in [1.807, 2.05) is 0 Å². The van der Waals surface area contributed by atoms with E-state index in [0.29, 0.717) is 25.9 Å². The molecule has 1 aromatic rings. The van der Waals surface area contributed by atoms with E-state index in [1.54, 1.807) is 0 Å². The number of hydrogen-bond donors (Lipinski definition) is 1. The van der Waals surface area contributed by atoms with Crippen LogP contribution in [0.4, 0.5) is 13.2 Å². The maximum atomic E-state index is 12.6. The molecular weight excluding hydrogens is 369 g/mol. The van der Waals surface area contributed by atoms with Crippen molar-refractivity contribution in [1.82, 2.24) is 4.90 Å². The highest BCUT2D eigenvalue weighted by Crippen LogP contribution is 2.31. The van der Waals surface area contributed by atoms with E-state index in [9.17, 15) is 27.6 Å². The predicted molar refractivity (Wildman–Crippen MR) is 86.4 cm³/mol. The van der Waals surface area contributed by atoms with Gasteiger partial charge in [0.05, 0.1) is 5.56 Å². The Bertz CT molecular complexity index is 700. The average Bonchev–Trinajstić information content (AvgIpc) is 2.64. The molecule has 2 N–H and O–H groups in total. The van der Waals surface area contributed by atoms with Crippen LogP contribution in [0, 0.1) is 5.92 Å². The Labute approximate surface area is 153 Å². The summed E-state index contributed by atoms with van der Waals surface area (Å²) >= 11 is 0. The van der Waals surface area contributed by atoms with Gasteiger partial charge in [0.15, 0.2) is 13.2 Å². The molecule has 0 radical (unpaired) electrons. The van der Waals surface area contributed by atoms with Gasteiger partial charge in [-0.05, 0) is 31.0 Å². The Hall–Kier alpha value is -2.78. The zero-order chi connectivity index (χ0) is 20.0. The Kier molecular flexibility index (Phi) is 6.65. The molecule has 10 heteroatoms. The Balaban J connectivity index is 1.74. The zero-order valence-corrected chi connectivity index (χ0v) is 14.3. The number of carbonyl (C=O) groups is 3. The van der Waals surface area contributed by atoms with Gasteiger partial charge in [0.1, 0.15) is 5.75 Å². The molecule has 148 valence electrons. The van der Waals surface area contributed by atoms with Gasteiger partial charge in [-0.25, -0.2) is 4.79 Å². The molecule has 0 atom stereocenters. The number of piperidine rings is 1. The number of benzene rings is 1. The number of halogens is 3. The summed E-state index contributed by atoms with van der Waals surface area (Å²) in [6.07, 6.45) is -3.62. The number of esters is 1. The molecule has 0 bridgehead atoms. The van der Waals surface area contributed by atoms with Gasteiger partial charge in [-0.1, -0.05) is 6.07 Å². The van der Waals surface area contributed by atoms with E-state index in [2.05, 4.69) is 0 Å². The van der Waals surface area contributed by atoms with Gasteiger partial charge in [-0.3, -0.25) is 9.59 Å². The number of likely N-dealkylation sites (tertiary alicyclic amines) is 1. The van der Waals surface area contributed by atoms with E-state index >= 15 is 0 Å². The maximum absolute atomic E-state index is 12.6. The Morgan fingerprint density at radius 2 is 1.81 bits per heavy atom. The number of ether oxygens (including phenoxy) is 2. The maximum Gasteiger partial charge on any atom is 0.416 e. The van der Waals surface area contributed by atoms with Crippen molar-refractivity contribution in [2.75, 3.05) is 26.3 Å². The normalized spacial score (nSPS) is 15.3. The largest absolute Gasteiger partial charge is 0.482 e. The molecule has 2 amide bonds. The minimum Gasteiger partial charge on any atom is -0.482 e. The smallest absolute Gasteiger partial charge is 0.416 e. The lowest BCUT2D eigenvalue weighted by Gasteiger charge is -2.30. The number of hydrogen-bond acceptors (Lipinski definition) is 5. The first-order valence-electron chi connectivity index (χ1n) is 8.19. The van der Waals surface area contributed by atoms with Gasteiger partial charge in [0.2, 0.25) is 5.91 Å². The summed E-state index contributed by atoms with van der Waals surface area (Å²) in [5.74, 6) is -2.11. The number of alkyl halides is 3. The zero-order valence-electron chi connectivity index (χ0n) is 14.3. The van der Waals surface area contributed by atoms with Gasteiger partial charge < -0.3 is 20.1 Å². The number of primary amides is 1. The first-order valence-corrected chi connectivity index (χ1v) is 8.19. The molecule has 0 unspecified atom stereocenters. The minimum absolute atomic E-state index is 0.137. The van der Waals surface area contributed by atoms with Crippen LogP contribution >= 0.6 is 0 Å². The minimum atomic E-state index is -4.52. The molecule has 0 aliphatic carbocycles. The van der Waals surface area contributed by atoms with Crippen LogP contribution in [0.3, 0.4) is 0 Å². The topological polar surface area (TPSA) is 98.9 Å². The third-order valence-corrected chi connectivity index (χ3v) is 4.12. The summed E-state index contributed by atoms with van der Waals surface area (Å²) < 4.78 is 47.6. The molecule has 1 heterocycles. The molecular formula is C17H19F3N2O5. The van der Waals surface area contributed by atoms with Crippen molar-refractivity contribution in [3.63, 3.8) is 0 Å². The van der Waals surface area contributed by atoms with Gasteiger partial charge in [0, 0.05) is 19.0 Å². The molecule has 0 spiro atoms. The SMILES string of the molecule is NC(=O)C1CCN(C(=O)COC(=O)COc2cccc(C(F)(F)F)c2)CC1. The van der Waals surface area contributed by atoms with Crippen molar-refractivity contribution in [3.8, 4) is 5.75 Å². The second-order valence-electron chi connectivity index (χ2n) is 6.03. The lowest BCUT2D eigenvalue weighted by Crippen LogP contribution is -2.43. The van der Waals surface area contributed by atoms with Crippen LogP contribution in [0.15, 0.2) is 24.3 Å². The van der Waals surface area contributed by atoms with Crippen LogP contribution in [-0.4, -0.2) is 49.0 Å². The van der Waals surface area contributed by atoms with Gasteiger partial charge in [0.25, 0.3) is 5.91 Å². The molecule has 1 aromatic carbocycles. The van der Waals surface area contributed by atoms with Crippen LogP contribution in [0.5, 0.6) is 5.75 Å². The van der Waals surface area contributed by atoms with Gasteiger partial charge >= 0.3 is 12.1 Å². The summed E-state index contributed by atoms with van der Waals surface area (Å²) in [7, 11) is 0. The van der Waals surface area contributed by atoms with Crippen LogP contribution in [0.25, 0.3) is 0 Å². The molecule has 1 saturated heterocycles. The van der Waals surface area contributed by atoms with Crippen molar-refractivity contribution >= 4 is 17.8 Å². The molecule has 1 aliphatic rings. The monoisotopic (exact) mass is 388 g/mol. The first-order chi connectivity index (χ1) is 12.7. The summed E-state index contributed by atoms with van der Waals surface area (Å²) in [5, 5.41) is 0. The highest BCUT2D eigenvalue weighted by atomic mass is 19.4.